The Morgan fingerprint density at radius 1 is 1.16 bits per heavy atom. The quantitative estimate of drug-likeness (QED) is 0.826. The molecule has 0 bridgehead atoms. The summed E-state index contributed by atoms with van der Waals surface area (Å²) in [4.78, 5) is 12.0. The van der Waals surface area contributed by atoms with E-state index in [4.69, 9.17) is 0 Å². The van der Waals surface area contributed by atoms with Gasteiger partial charge in [-0.2, -0.15) is 0 Å². The van der Waals surface area contributed by atoms with Gasteiger partial charge in [-0.3, -0.25) is 4.79 Å². The molecule has 2 rings (SSSR count). The number of carbonyl (C=O) groups is 1. The predicted molar refractivity (Wildman–Crippen MR) is 71.0 cm³/mol. The van der Waals surface area contributed by atoms with E-state index in [-0.39, 0.29) is 11.9 Å². The van der Waals surface area contributed by atoms with Crippen LogP contribution in [0.25, 0.3) is 0 Å². The van der Waals surface area contributed by atoms with Crippen molar-refractivity contribution >= 4 is 5.91 Å². The van der Waals surface area contributed by atoms with Gasteiger partial charge in [-0.15, -0.1) is 0 Å². The van der Waals surface area contributed by atoms with Crippen LogP contribution in [0, 0.1) is 5.82 Å². The van der Waals surface area contributed by atoms with Crippen LogP contribution in [0.4, 0.5) is 4.39 Å². The van der Waals surface area contributed by atoms with Crippen molar-refractivity contribution in [2.24, 2.45) is 0 Å². The van der Waals surface area contributed by atoms with Gasteiger partial charge in [0.25, 0.3) is 5.91 Å². The highest BCUT2D eigenvalue weighted by Crippen LogP contribution is 2.19. The number of halogens is 1. The van der Waals surface area contributed by atoms with Crippen molar-refractivity contribution in [2.75, 3.05) is 0 Å². The lowest BCUT2D eigenvalue weighted by atomic mass is 10.1. The van der Waals surface area contributed by atoms with Crippen LogP contribution in [0.1, 0.15) is 50.2 Å². The van der Waals surface area contributed by atoms with Crippen LogP contribution in [0.2, 0.25) is 0 Å². The number of hydrogen-bond acceptors (Lipinski definition) is 2. The molecule has 1 aromatic rings. The number of nitrogens with one attached hydrogen (secondary N) is 1. The topological polar surface area (TPSA) is 49.3 Å². The molecule has 1 fully saturated rings. The van der Waals surface area contributed by atoms with Crippen LogP contribution in [0.3, 0.4) is 0 Å². The molecule has 1 aliphatic carbocycles. The number of rotatable bonds is 3. The van der Waals surface area contributed by atoms with E-state index in [0.717, 1.165) is 25.7 Å². The lowest BCUT2D eigenvalue weighted by Crippen LogP contribution is -2.37. The van der Waals surface area contributed by atoms with Crippen LogP contribution >= 0.6 is 0 Å². The third-order valence-corrected chi connectivity index (χ3v) is 3.64. The largest absolute Gasteiger partial charge is 0.378 e. The molecule has 0 spiro atoms. The third kappa shape index (κ3) is 4.03. The first-order chi connectivity index (χ1) is 9.16. The zero-order valence-electron chi connectivity index (χ0n) is 10.9. The number of aliphatic hydroxyl groups excluding tert-OH is 1. The van der Waals surface area contributed by atoms with Gasteiger partial charge in [-0.1, -0.05) is 37.8 Å². The van der Waals surface area contributed by atoms with Gasteiger partial charge in [-0.05, 0) is 30.5 Å². The Morgan fingerprint density at radius 3 is 2.32 bits per heavy atom. The Balaban J connectivity index is 1.93. The molecule has 1 saturated carbocycles. The molecule has 19 heavy (non-hydrogen) atoms. The number of aliphatic hydroxyl groups is 1. The van der Waals surface area contributed by atoms with Crippen molar-refractivity contribution < 1.29 is 14.3 Å². The molecule has 0 aliphatic heterocycles. The van der Waals surface area contributed by atoms with E-state index in [1.165, 1.54) is 37.1 Å². The fourth-order valence-electron chi connectivity index (χ4n) is 2.50. The zero-order chi connectivity index (χ0) is 13.7. The molecule has 2 N–H and O–H groups in total. The van der Waals surface area contributed by atoms with Crippen molar-refractivity contribution in [3.8, 4) is 0 Å². The van der Waals surface area contributed by atoms with E-state index in [1.807, 2.05) is 0 Å². The first-order valence-electron chi connectivity index (χ1n) is 6.91. The maximum atomic E-state index is 12.8. The van der Waals surface area contributed by atoms with Gasteiger partial charge in [0, 0.05) is 6.04 Å². The van der Waals surface area contributed by atoms with E-state index >= 15 is 0 Å². The fourth-order valence-corrected chi connectivity index (χ4v) is 2.50. The number of amides is 1. The van der Waals surface area contributed by atoms with E-state index in [2.05, 4.69) is 5.32 Å². The minimum Gasteiger partial charge on any atom is -0.378 e. The van der Waals surface area contributed by atoms with E-state index in [9.17, 15) is 14.3 Å². The molecular formula is C15H20FNO2. The summed E-state index contributed by atoms with van der Waals surface area (Å²) in [6, 6.07) is 5.53. The van der Waals surface area contributed by atoms with Crippen LogP contribution in [-0.2, 0) is 4.79 Å². The number of hydrogen-bond donors (Lipinski definition) is 2. The SMILES string of the molecule is O=C(NC1CCCCCC1)C(O)c1ccc(F)cc1. The highest BCUT2D eigenvalue weighted by atomic mass is 19.1. The molecule has 104 valence electrons. The smallest absolute Gasteiger partial charge is 0.253 e. The highest BCUT2D eigenvalue weighted by molar-refractivity contribution is 5.82. The standard InChI is InChI=1S/C15H20FNO2/c16-12-9-7-11(8-10-12)14(18)15(19)17-13-5-3-1-2-4-6-13/h7-10,13-14,18H,1-6H2,(H,17,19). The molecule has 1 amide bonds. The van der Waals surface area contributed by atoms with Gasteiger partial charge >= 0.3 is 0 Å². The molecule has 0 radical (unpaired) electrons. The van der Waals surface area contributed by atoms with Crippen LogP contribution in [-0.4, -0.2) is 17.1 Å². The van der Waals surface area contributed by atoms with E-state index in [1.54, 1.807) is 0 Å². The maximum Gasteiger partial charge on any atom is 0.253 e. The Labute approximate surface area is 112 Å². The molecule has 0 aromatic heterocycles. The number of benzene rings is 1. The molecule has 1 aliphatic rings. The summed E-state index contributed by atoms with van der Waals surface area (Å²) in [5.74, 6) is -0.765. The fraction of sp³-hybridized carbons (Fsp3) is 0.533. The summed E-state index contributed by atoms with van der Waals surface area (Å²) in [5.41, 5.74) is 0.424. The summed E-state index contributed by atoms with van der Waals surface area (Å²) in [6.07, 6.45) is 5.41. The van der Waals surface area contributed by atoms with Gasteiger partial charge in [-0.25, -0.2) is 4.39 Å². The summed E-state index contributed by atoms with van der Waals surface area (Å²) < 4.78 is 12.8. The first-order valence-corrected chi connectivity index (χ1v) is 6.91. The normalized spacial score (nSPS) is 18.6. The lowest BCUT2D eigenvalue weighted by Gasteiger charge is -2.19. The molecule has 0 heterocycles. The molecular weight excluding hydrogens is 245 g/mol. The Kier molecular flexibility index (Phi) is 4.91. The Hall–Kier alpha value is -1.42. The Morgan fingerprint density at radius 2 is 1.74 bits per heavy atom. The van der Waals surface area contributed by atoms with Gasteiger partial charge in [0.1, 0.15) is 5.82 Å². The Bertz CT molecular complexity index is 411. The maximum absolute atomic E-state index is 12.8. The molecule has 3 nitrogen and oxygen atoms in total. The van der Waals surface area contributed by atoms with E-state index < -0.39 is 12.0 Å². The molecule has 0 saturated heterocycles. The van der Waals surface area contributed by atoms with Crippen molar-refractivity contribution in [2.45, 2.75) is 50.7 Å². The second-order valence-corrected chi connectivity index (χ2v) is 5.15. The van der Waals surface area contributed by atoms with Crippen LogP contribution < -0.4 is 5.32 Å². The molecule has 1 aromatic carbocycles. The predicted octanol–water partition coefficient (Wildman–Crippen LogP) is 2.70. The lowest BCUT2D eigenvalue weighted by molar-refractivity contribution is -0.130. The van der Waals surface area contributed by atoms with Crippen LogP contribution in [0.15, 0.2) is 24.3 Å². The van der Waals surface area contributed by atoms with Gasteiger partial charge in [0.05, 0.1) is 0 Å². The van der Waals surface area contributed by atoms with Crippen molar-refractivity contribution in [3.63, 3.8) is 0 Å². The van der Waals surface area contributed by atoms with Gasteiger partial charge < -0.3 is 10.4 Å². The molecule has 1 atom stereocenters. The monoisotopic (exact) mass is 265 g/mol. The summed E-state index contributed by atoms with van der Waals surface area (Å²) in [5, 5.41) is 12.8. The van der Waals surface area contributed by atoms with Crippen molar-refractivity contribution in [1.82, 2.24) is 5.32 Å². The second-order valence-electron chi connectivity index (χ2n) is 5.15. The second kappa shape index (κ2) is 6.66. The average molecular weight is 265 g/mol. The molecule has 4 heteroatoms. The third-order valence-electron chi connectivity index (χ3n) is 3.64. The number of carbonyl (C=O) groups excluding carboxylic acids is 1. The van der Waals surface area contributed by atoms with E-state index in [0.29, 0.717) is 5.56 Å². The average Bonchev–Trinajstić information content (AvgIpc) is 2.67. The van der Waals surface area contributed by atoms with Crippen molar-refractivity contribution in [3.05, 3.63) is 35.6 Å². The van der Waals surface area contributed by atoms with Crippen molar-refractivity contribution in [1.29, 1.82) is 0 Å². The van der Waals surface area contributed by atoms with Gasteiger partial charge in [0.15, 0.2) is 6.10 Å². The minimum atomic E-state index is -1.22. The molecule has 1 unspecified atom stereocenters. The van der Waals surface area contributed by atoms with Gasteiger partial charge in [0.2, 0.25) is 0 Å². The summed E-state index contributed by atoms with van der Waals surface area (Å²) in [7, 11) is 0. The minimum absolute atomic E-state index is 0.157. The summed E-state index contributed by atoms with van der Waals surface area (Å²) in [6.45, 7) is 0. The zero-order valence-corrected chi connectivity index (χ0v) is 10.9. The summed E-state index contributed by atoms with van der Waals surface area (Å²) >= 11 is 0. The highest BCUT2D eigenvalue weighted by Gasteiger charge is 2.21. The van der Waals surface area contributed by atoms with Crippen LogP contribution in [0.5, 0.6) is 0 Å². The first kappa shape index (κ1) is 14.0.